The number of carbonyl (C=O) groups excluding carboxylic acids is 1. The Morgan fingerprint density at radius 2 is 2.46 bits per heavy atom. The van der Waals surface area contributed by atoms with Crippen LogP contribution < -0.4 is 5.32 Å². The van der Waals surface area contributed by atoms with Crippen LogP contribution in [0.25, 0.3) is 0 Å². The fourth-order valence-electron chi connectivity index (χ4n) is 1.81. The summed E-state index contributed by atoms with van der Waals surface area (Å²) in [5.74, 6) is 1.23. The molecular formula is C9H15N3O. The molecule has 0 aromatic carbocycles. The van der Waals surface area contributed by atoms with Gasteiger partial charge in [0.1, 0.15) is 6.04 Å². The minimum Gasteiger partial charge on any atom is -0.362 e. The van der Waals surface area contributed by atoms with Gasteiger partial charge in [-0.3, -0.25) is 9.79 Å². The highest BCUT2D eigenvalue weighted by Crippen LogP contribution is 2.10. The van der Waals surface area contributed by atoms with Gasteiger partial charge < -0.3 is 10.2 Å². The zero-order valence-electron chi connectivity index (χ0n) is 7.92. The summed E-state index contributed by atoms with van der Waals surface area (Å²) in [6, 6.07) is -0.0122. The average Bonchev–Trinajstić information content (AvgIpc) is 2.71. The van der Waals surface area contributed by atoms with Gasteiger partial charge in [0.2, 0.25) is 5.91 Å². The zero-order valence-corrected chi connectivity index (χ0v) is 7.92. The van der Waals surface area contributed by atoms with Crippen LogP contribution >= 0.6 is 0 Å². The van der Waals surface area contributed by atoms with E-state index in [0.717, 1.165) is 38.2 Å². The summed E-state index contributed by atoms with van der Waals surface area (Å²) in [6.45, 7) is 1.78. The monoisotopic (exact) mass is 181 g/mol. The van der Waals surface area contributed by atoms with Gasteiger partial charge >= 0.3 is 0 Å². The predicted molar refractivity (Wildman–Crippen MR) is 50.7 cm³/mol. The van der Waals surface area contributed by atoms with E-state index in [1.165, 1.54) is 0 Å². The molecule has 0 radical (unpaired) electrons. The molecule has 1 N–H and O–H groups in total. The molecule has 1 atom stereocenters. The molecule has 0 aromatic heterocycles. The molecule has 2 rings (SSSR count). The van der Waals surface area contributed by atoms with Crippen molar-refractivity contribution in [2.45, 2.75) is 25.3 Å². The molecular weight excluding hydrogens is 166 g/mol. The van der Waals surface area contributed by atoms with E-state index in [1.54, 1.807) is 4.90 Å². The van der Waals surface area contributed by atoms with Gasteiger partial charge in [-0.1, -0.05) is 0 Å². The second-order valence-corrected chi connectivity index (χ2v) is 3.68. The van der Waals surface area contributed by atoms with E-state index in [-0.39, 0.29) is 11.9 Å². The van der Waals surface area contributed by atoms with Crippen LogP contribution in [0.4, 0.5) is 0 Å². The number of hydrogen-bond acceptors (Lipinski definition) is 3. The van der Waals surface area contributed by atoms with Gasteiger partial charge in [-0.25, -0.2) is 0 Å². The first kappa shape index (κ1) is 8.53. The van der Waals surface area contributed by atoms with Crippen LogP contribution in [0.3, 0.4) is 0 Å². The standard InChI is InChI=1S/C9H15N3O/c1-12-6-4-7(9(12)13)11-8-3-2-5-10-8/h7H,2-6H2,1H3,(H,10,11). The topological polar surface area (TPSA) is 44.7 Å². The number of likely N-dealkylation sites (tertiary alicyclic amines) is 1. The van der Waals surface area contributed by atoms with Crippen molar-refractivity contribution in [3.8, 4) is 0 Å². The number of aliphatic imine (C=N–C) groups is 1. The van der Waals surface area contributed by atoms with E-state index in [1.807, 2.05) is 7.05 Å². The molecule has 1 amide bonds. The van der Waals surface area contributed by atoms with Crippen molar-refractivity contribution >= 4 is 11.7 Å². The van der Waals surface area contributed by atoms with Gasteiger partial charge in [0, 0.05) is 26.6 Å². The third kappa shape index (κ3) is 1.66. The fraction of sp³-hybridized carbons (Fsp3) is 0.778. The normalized spacial score (nSPS) is 28.1. The summed E-state index contributed by atoms with van der Waals surface area (Å²) in [6.07, 6.45) is 3.04. The van der Waals surface area contributed by atoms with Crippen LogP contribution in [-0.4, -0.2) is 42.8 Å². The SMILES string of the molecule is CN1CCC(NC2=NCCC2)C1=O. The maximum Gasteiger partial charge on any atom is 0.244 e. The Hall–Kier alpha value is -1.06. The average molecular weight is 181 g/mol. The van der Waals surface area contributed by atoms with Crippen LogP contribution in [0, 0.1) is 0 Å². The lowest BCUT2D eigenvalue weighted by atomic mass is 10.2. The molecule has 0 saturated carbocycles. The largest absolute Gasteiger partial charge is 0.362 e. The number of amides is 1. The minimum absolute atomic E-state index is 0.0122. The number of carbonyl (C=O) groups is 1. The quantitative estimate of drug-likeness (QED) is 0.619. The molecule has 0 aliphatic carbocycles. The van der Waals surface area contributed by atoms with Crippen molar-refractivity contribution in [3.63, 3.8) is 0 Å². The highest BCUT2D eigenvalue weighted by atomic mass is 16.2. The van der Waals surface area contributed by atoms with E-state index in [2.05, 4.69) is 10.3 Å². The predicted octanol–water partition coefficient (Wildman–Crippen LogP) is -0.00100. The van der Waals surface area contributed by atoms with Crippen molar-refractivity contribution < 1.29 is 4.79 Å². The minimum atomic E-state index is -0.0122. The van der Waals surface area contributed by atoms with E-state index in [9.17, 15) is 4.79 Å². The zero-order chi connectivity index (χ0) is 9.26. The third-order valence-electron chi connectivity index (χ3n) is 2.64. The second kappa shape index (κ2) is 3.36. The van der Waals surface area contributed by atoms with Gasteiger partial charge in [-0.2, -0.15) is 0 Å². The molecule has 1 saturated heterocycles. The van der Waals surface area contributed by atoms with E-state index in [4.69, 9.17) is 0 Å². The van der Waals surface area contributed by atoms with E-state index in [0.29, 0.717) is 0 Å². The molecule has 2 heterocycles. The second-order valence-electron chi connectivity index (χ2n) is 3.68. The maximum atomic E-state index is 11.5. The molecule has 72 valence electrons. The third-order valence-corrected chi connectivity index (χ3v) is 2.64. The lowest BCUT2D eigenvalue weighted by Gasteiger charge is -2.12. The number of nitrogens with one attached hydrogen (secondary N) is 1. The molecule has 1 fully saturated rings. The van der Waals surface area contributed by atoms with Crippen molar-refractivity contribution in [1.29, 1.82) is 0 Å². The summed E-state index contributed by atoms with van der Waals surface area (Å²) in [5.41, 5.74) is 0. The highest BCUT2D eigenvalue weighted by Gasteiger charge is 2.29. The summed E-state index contributed by atoms with van der Waals surface area (Å²) in [4.78, 5) is 17.6. The van der Waals surface area contributed by atoms with Gasteiger partial charge in [0.05, 0.1) is 5.84 Å². The van der Waals surface area contributed by atoms with Crippen molar-refractivity contribution in [1.82, 2.24) is 10.2 Å². The first-order chi connectivity index (χ1) is 6.27. The molecule has 13 heavy (non-hydrogen) atoms. The van der Waals surface area contributed by atoms with Crippen molar-refractivity contribution in [2.24, 2.45) is 4.99 Å². The Kier molecular flexibility index (Phi) is 2.20. The van der Waals surface area contributed by atoms with Crippen LogP contribution in [-0.2, 0) is 4.79 Å². The summed E-state index contributed by atoms with van der Waals surface area (Å²) in [7, 11) is 1.85. The Morgan fingerprint density at radius 3 is 3.00 bits per heavy atom. The lowest BCUT2D eigenvalue weighted by Crippen LogP contribution is -2.39. The number of amidine groups is 1. The number of likely N-dealkylation sites (N-methyl/N-ethyl adjacent to an activating group) is 1. The maximum absolute atomic E-state index is 11.5. The first-order valence-electron chi connectivity index (χ1n) is 4.82. The van der Waals surface area contributed by atoms with Gasteiger partial charge in [0.15, 0.2) is 0 Å². The van der Waals surface area contributed by atoms with Crippen molar-refractivity contribution in [3.05, 3.63) is 0 Å². The van der Waals surface area contributed by atoms with Crippen LogP contribution in [0.15, 0.2) is 4.99 Å². The van der Waals surface area contributed by atoms with Crippen LogP contribution in [0.2, 0.25) is 0 Å². The molecule has 2 aliphatic rings. The number of nitrogens with zero attached hydrogens (tertiary/aromatic N) is 2. The van der Waals surface area contributed by atoms with Crippen LogP contribution in [0.1, 0.15) is 19.3 Å². The lowest BCUT2D eigenvalue weighted by molar-refractivity contribution is -0.127. The Bertz CT molecular complexity index is 249. The van der Waals surface area contributed by atoms with Gasteiger partial charge in [-0.15, -0.1) is 0 Å². The molecule has 4 nitrogen and oxygen atoms in total. The molecule has 0 spiro atoms. The van der Waals surface area contributed by atoms with E-state index < -0.39 is 0 Å². The molecule has 4 heteroatoms. The molecule has 1 unspecified atom stereocenters. The fourth-order valence-corrected chi connectivity index (χ4v) is 1.81. The first-order valence-corrected chi connectivity index (χ1v) is 4.82. The summed E-state index contributed by atoms with van der Waals surface area (Å²) < 4.78 is 0. The Balaban J connectivity index is 1.91. The number of hydrogen-bond donors (Lipinski definition) is 1. The Labute approximate surface area is 78.0 Å². The van der Waals surface area contributed by atoms with E-state index >= 15 is 0 Å². The number of rotatable bonds is 1. The summed E-state index contributed by atoms with van der Waals surface area (Å²) in [5, 5.41) is 3.22. The summed E-state index contributed by atoms with van der Waals surface area (Å²) >= 11 is 0. The van der Waals surface area contributed by atoms with Gasteiger partial charge in [-0.05, 0) is 12.8 Å². The smallest absolute Gasteiger partial charge is 0.244 e. The highest BCUT2D eigenvalue weighted by molar-refractivity contribution is 5.91. The van der Waals surface area contributed by atoms with Crippen molar-refractivity contribution in [2.75, 3.05) is 20.1 Å². The van der Waals surface area contributed by atoms with Gasteiger partial charge in [0.25, 0.3) is 0 Å². The molecule has 0 bridgehead atoms. The molecule has 2 aliphatic heterocycles. The molecule has 0 aromatic rings. The Morgan fingerprint density at radius 1 is 1.62 bits per heavy atom. The van der Waals surface area contributed by atoms with Crippen LogP contribution in [0.5, 0.6) is 0 Å².